The summed E-state index contributed by atoms with van der Waals surface area (Å²) in [5.41, 5.74) is 6.81. The average Bonchev–Trinajstić information content (AvgIpc) is 2.73. The number of nitrogens with zero attached hydrogens (tertiary/aromatic N) is 1. The molecular weight excluding hydrogens is 354 g/mol. The molecule has 0 heterocycles. The lowest BCUT2D eigenvalue weighted by atomic mass is 10.0. The standard InChI is InChI=1S/C27H25NO/c1-19-8-11-22(12-9-19)18-29-27-15-13-23-6-4-5-7-24(23)25(27)17-28-26-14-10-20(2)16-21(26)3/h4-17H,18H2,1-3H3. The minimum atomic E-state index is 0.531. The van der Waals surface area contributed by atoms with Crippen LogP contribution < -0.4 is 4.74 Å². The van der Waals surface area contributed by atoms with Crippen LogP contribution in [0.2, 0.25) is 0 Å². The van der Waals surface area contributed by atoms with Crippen LogP contribution in [0.3, 0.4) is 0 Å². The smallest absolute Gasteiger partial charge is 0.129 e. The van der Waals surface area contributed by atoms with Crippen LogP contribution >= 0.6 is 0 Å². The van der Waals surface area contributed by atoms with E-state index in [-0.39, 0.29) is 0 Å². The van der Waals surface area contributed by atoms with Crippen molar-refractivity contribution in [2.75, 3.05) is 0 Å². The summed E-state index contributed by atoms with van der Waals surface area (Å²) < 4.78 is 6.22. The van der Waals surface area contributed by atoms with Crippen LogP contribution in [0.15, 0.2) is 83.9 Å². The van der Waals surface area contributed by atoms with Crippen molar-refractivity contribution in [3.05, 3.63) is 107 Å². The highest BCUT2D eigenvalue weighted by atomic mass is 16.5. The van der Waals surface area contributed by atoms with Gasteiger partial charge in [0.25, 0.3) is 0 Å². The third-order valence-corrected chi connectivity index (χ3v) is 5.13. The molecule has 0 aromatic heterocycles. The highest BCUT2D eigenvalue weighted by molar-refractivity contribution is 6.03. The summed E-state index contributed by atoms with van der Waals surface area (Å²) in [6.07, 6.45) is 1.93. The van der Waals surface area contributed by atoms with Crippen LogP contribution in [0.1, 0.15) is 27.8 Å². The minimum absolute atomic E-state index is 0.531. The number of hydrogen-bond donors (Lipinski definition) is 0. The van der Waals surface area contributed by atoms with Crippen molar-refractivity contribution in [1.29, 1.82) is 0 Å². The Kier molecular flexibility index (Phi) is 5.44. The van der Waals surface area contributed by atoms with Crippen LogP contribution in [0, 0.1) is 20.8 Å². The first kappa shape index (κ1) is 18.9. The molecule has 2 heteroatoms. The Morgan fingerprint density at radius 2 is 1.55 bits per heavy atom. The van der Waals surface area contributed by atoms with E-state index in [1.54, 1.807) is 0 Å². The van der Waals surface area contributed by atoms with E-state index in [9.17, 15) is 0 Å². The van der Waals surface area contributed by atoms with Gasteiger partial charge < -0.3 is 4.74 Å². The molecule has 0 radical (unpaired) electrons. The second kappa shape index (κ2) is 8.32. The number of rotatable bonds is 5. The molecule has 2 nitrogen and oxygen atoms in total. The molecule has 0 spiro atoms. The SMILES string of the molecule is Cc1ccc(COc2ccc3ccccc3c2C=Nc2ccc(C)cc2C)cc1. The summed E-state index contributed by atoms with van der Waals surface area (Å²) in [6, 6.07) is 27.3. The van der Waals surface area contributed by atoms with Crippen molar-refractivity contribution >= 4 is 22.7 Å². The summed E-state index contributed by atoms with van der Waals surface area (Å²) in [5.74, 6) is 0.845. The van der Waals surface area contributed by atoms with E-state index in [0.717, 1.165) is 28.0 Å². The Bertz CT molecular complexity index is 1170. The molecule has 0 bridgehead atoms. The van der Waals surface area contributed by atoms with E-state index < -0.39 is 0 Å². The molecule has 29 heavy (non-hydrogen) atoms. The topological polar surface area (TPSA) is 21.6 Å². The summed E-state index contributed by atoms with van der Waals surface area (Å²) in [5, 5.41) is 2.32. The van der Waals surface area contributed by atoms with Gasteiger partial charge in [-0.25, -0.2) is 0 Å². The van der Waals surface area contributed by atoms with Crippen molar-refractivity contribution < 1.29 is 4.74 Å². The predicted octanol–water partition coefficient (Wildman–Crippen LogP) is 7.09. The zero-order valence-electron chi connectivity index (χ0n) is 17.1. The van der Waals surface area contributed by atoms with Gasteiger partial charge in [-0.1, -0.05) is 77.9 Å². The summed E-state index contributed by atoms with van der Waals surface area (Å²) in [6.45, 7) is 6.82. The molecule has 0 aliphatic carbocycles. The maximum absolute atomic E-state index is 6.22. The third-order valence-electron chi connectivity index (χ3n) is 5.13. The predicted molar refractivity (Wildman–Crippen MR) is 123 cm³/mol. The molecule has 0 fully saturated rings. The molecule has 4 aromatic carbocycles. The molecule has 0 unspecified atom stereocenters. The molecule has 0 aliphatic rings. The lowest BCUT2D eigenvalue weighted by Gasteiger charge is -2.12. The van der Waals surface area contributed by atoms with Crippen molar-refractivity contribution in [2.45, 2.75) is 27.4 Å². The highest BCUT2D eigenvalue weighted by Gasteiger charge is 2.08. The van der Waals surface area contributed by atoms with Crippen LogP contribution in [-0.2, 0) is 6.61 Å². The van der Waals surface area contributed by atoms with E-state index in [1.165, 1.54) is 22.1 Å². The first-order valence-electron chi connectivity index (χ1n) is 9.91. The zero-order chi connectivity index (χ0) is 20.2. The van der Waals surface area contributed by atoms with Crippen molar-refractivity contribution in [1.82, 2.24) is 0 Å². The van der Waals surface area contributed by atoms with Crippen LogP contribution in [0.4, 0.5) is 5.69 Å². The summed E-state index contributed by atoms with van der Waals surface area (Å²) >= 11 is 0. The van der Waals surface area contributed by atoms with Gasteiger partial charge in [-0.3, -0.25) is 4.99 Å². The second-order valence-corrected chi connectivity index (χ2v) is 7.52. The maximum Gasteiger partial charge on any atom is 0.129 e. The van der Waals surface area contributed by atoms with Crippen molar-refractivity contribution in [2.24, 2.45) is 4.99 Å². The van der Waals surface area contributed by atoms with Gasteiger partial charge in [0.2, 0.25) is 0 Å². The van der Waals surface area contributed by atoms with E-state index in [4.69, 9.17) is 9.73 Å². The normalized spacial score (nSPS) is 11.3. The zero-order valence-corrected chi connectivity index (χ0v) is 17.1. The molecule has 4 aromatic rings. The van der Waals surface area contributed by atoms with Crippen LogP contribution in [0.25, 0.3) is 10.8 Å². The van der Waals surface area contributed by atoms with E-state index in [2.05, 4.69) is 93.6 Å². The average molecular weight is 380 g/mol. The molecule has 4 rings (SSSR count). The fraction of sp³-hybridized carbons (Fsp3) is 0.148. The molecule has 144 valence electrons. The van der Waals surface area contributed by atoms with Crippen molar-refractivity contribution in [3.8, 4) is 5.75 Å². The monoisotopic (exact) mass is 379 g/mol. The van der Waals surface area contributed by atoms with Gasteiger partial charge in [-0.15, -0.1) is 0 Å². The van der Waals surface area contributed by atoms with E-state index in [0.29, 0.717) is 6.61 Å². The van der Waals surface area contributed by atoms with Gasteiger partial charge in [0.1, 0.15) is 12.4 Å². The number of aryl methyl sites for hydroxylation is 3. The number of ether oxygens (including phenoxy) is 1. The Balaban J connectivity index is 1.70. The first-order valence-corrected chi connectivity index (χ1v) is 9.91. The third kappa shape index (κ3) is 4.38. The number of benzene rings is 4. The second-order valence-electron chi connectivity index (χ2n) is 7.52. The van der Waals surface area contributed by atoms with E-state index in [1.807, 2.05) is 12.3 Å². The van der Waals surface area contributed by atoms with Crippen LogP contribution in [0.5, 0.6) is 5.75 Å². The molecule has 0 N–H and O–H groups in total. The number of aliphatic imine (C=N–C) groups is 1. The van der Waals surface area contributed by atoms with Gasteiger partial charge in [-0.2, -0.15) is 0 Å². The highest BCUT2D eigenvalue weighted by Crippen LogP contribution is 2.29. The minimum Gasteiger partial charge on any atom is -0.488 e. The quantitative estimate of drug-likeness (QED) is 0.339. The molecular formula is C27H25NO. The number of fused-ring (bicyclic) bond motifs is 1. The summed E-state index contributed by atoms with van der Waals surface area (Å²) in [7, 11) is 0. The van der Waals surface area contributed by atoms with Crippen LogP contribution in [-0.4, -0.2) is 6.21 Å². The Morgan fingerprint density at radius 3 is 2.34 bits per heavy atom. The van der Waals surface area contributed by atoms with Gasteiger partial charge in [0.05, 0.1) is 5.69 Å². The first-order chi connectivity index (χ1) is 14.1. The molecule has 0 saturated heterocycles. The Hall–Kier alpha value is -3.39. The van der Waals surface area contributed by atoms with Crippen molar-refractivity contribution in [3.63, 3.8) is 0 Å². The van der Waals surface area contributed by atoms with Gasteiger partial charge in [0, 0.05) is 11.8 Å². The van der Waals surface area contributed by atoms with Gasteiger partial charge in [0.15, 0.2) is 0 Å². The fourth-order valence-electron chi connectivity index (χ4n) is 3.46. The summed E-state index contributed by atoms with van der Waals surface area (Å²) in [4.78, 5) is 4.79. The van der Waals surface area contributed by atoms with E-state index >= 15 is 0 Å². The number of hydrogen-bond acceptors (Lipinski definition) is 2. The Morgan fingerprint density at radius 1 is 0.793 bits per heavy atom. The molecule has 0 aliphatic heterocycles. The van der Waals surface area contributed by atoms with Gasteiger partial charge >= 0.3 is 0 Å². The van der Waals surface area contributed by atoms with Gasteiger partial charge in [-0.05, 0) is 54.8 Å². The Labute approximate surface area is 172 Å². The lowest BCUT2D eigenvalue weighted by Crippen LogP contribution is -1.99. The largest absolute Gasteiger partial charge is 0.488 e. The molecule has 0 saturated carbocycles. The molecule has 0 atom stereocenters. The molecule has 0 amide bonds. The maximum atomic E-state index is 6.22. The fourth-order valence-corrected chi connectivity index (χ4v) is 3.46. The lowest BCUT2D eigenvalue weighted by molar-refractivity contribution is 0.306.